The number of amides is 1. The molecule has 3 N–H and O–H groups in total. The molecule has 128 valence electrons. The Kier molecular flexibility index (Phi) is 4.71. The van der Waals surface area contributed by atoms with Gasteiger partial charge in [0.05, 0.1) is 17.8 Å². The van der Waals surface area contributed by atoms with Gasteiger partial charge < -0.3 is 20.2 Å². The zero-order valence-corrected chi connectivity index (χ0v) is 14.8. The normalized spacial score (nSPS) is 10.6. The Morgan fingerprint density at radius 2 is 2.12 bits per heavy atom. The molecule has 0 unspecified atom stereocenters. The Labute approximate surface area is 151 Å². The number of carbonyl (C=O) groups excluding carboxylic acids is 2. The topological polar surface area (TPSA) is 107 Å². The van der Waals surface area contributed by atoms with Crippen LogP contribution >= 0.6 is 15.9 Å². The number of nitrogen functional groups attached to an aromatic ring is 1. The van der Waals surface area contributed by atoms with E-state index in [2.05, 4.69) is 26.2 Å². The molecule has 25 heavy (non-hydrogen) atoms. The zero-order chi connectivity index (χ0) is 18.0. The smallest absolute Gasteiger partial charge is 0.341 e. The number of nitrogens with one attached hydrogen (secondary N) is 1. The van der Waals surface area contributed by atoms with Crippen molar-refractivity contribution in [2.45, 2.75) is 6.92 Å². The molecule has 0 radical (unpaired) electrons. The minimum Gasteiger partial charge on any atom is -0.462 e. The van der Waals surface area contributed by atoms with E-state index in [9.17, 15) is 9.59 Å². The lowest BCUT2D eigenvalue weighted by atomic mass is 10.1. The number of rotatable bonds is 4. The van der Waals surface area contributed by atoms with Crippen molar-refractivity contribution < 1.29 is 18.7 Å². The van der Waals surface area contributed by atoms with Gasteiger partial charge in [0.1, 0.15) is 5.56 Å². The fraction of sp³-hybridized carbons (Fsp3) is 0.118. The molecule has 8 heteroatoms. The highest BCUT2D eigenvalue weighted by molar-refractivity contribution is 9.10. The minimum atomic E-state index is -0.538. The number of esters is 1. The highest BCUT2D eigenvalue weighted by Gasteiger charge is 2.16. The van der Waals surface area contributed by atoms with Crippen LogP contribution in [0.25, 0.3) is 10.9 Å². The fourth-order valence-electron chi connectivity index (χ4n) is 2.29. The van der Waals surface area contributed by atoms with Crippen LogP contribution in [0.2, 0.25) is 0 Å². The van der Waals surface area contributed by atoms with E-state index < -0.39 is 11.9 Å². The van der Waals surface area contributed by atoms with E-state index in [1.165, 1.54) is 6.20 Å². The molecular formula is C17H14BrN3O4. The molecule has 0 bridgehead atoms. The maximum atomic E-state index is 12.2. The highest BCUT2D eigenvalue weighted by atomic mass is 79.9. The molecular weight excluding hydrogens is 390 g/mol. The highest BCUT2D eigenvalue weighted by Crippen LogP contribution is 2.27. The summed E-state index contributed by atoms with van der Waals surface area (Å²) >= 11 is 3.15. The average molecular weight is 404 g/mol. The van der Waals surface area contributed by atoms with Gasteiger partial charge in [0.25, 0.3) is 5.91 Å². The molecule has 2 aromatic heterocycles. The number of pyridine rings is 1. The summed E-state index contributed by atoms with van der Waals surface area (Å²) < 4.78 is 10.6. The second-order valence-corrected chi connectivity index (χ2v) is 5.88. The number of carbonyl (C=O) groups is 2. The number of nitrogens with two attached hydrogens (primary N) is 1. The first-order valence-electron chi connectivity index (χ1n) is 7.41. The van der Waals surface area contributed by atoms with Crippen molar-refractivity contribution in [2.24, 2.45) is 0 Å². The van der Waals surface area contributed by atoms with Crippen LogP contribution in [0.15, 0.2) is 45.6 Å². The van der Waals surface area contributed by atoms with E-state index in [1.54, 1.807) is 37.3 Å². The number of nitrogens with zero attached hydrogens (tertiary/aromatic N) is 1. The van der Waals surface area contributed by atoms with Gasteiger partial charge >= 0.3 is 5.97 Å². The van der Waals surface area contributed by atoms with Crippen LogP contribution in [0.3, 0.4) is 0 Å². The van der Waals surface area contributed by atoms with Crippen LogP contribution in [0.1, 0.15) is 27.8 Å². The molecule has 1 aromatic carbocycles. The summed E-state index contributed by atoms with van der Waals surface area (Å²) in [6.07, 6.45) is 1.38. The van der Waals surface area contributed by atoms with Gasteiger partial charge in [-0.15, -0.1) is 0 Å². The van der Waals surface area contributed by atoms with E-state index in [0.717, 1.165) is 0 Å². The van der Waals surface area contributed by atoms with Crippen LogP contribution in [-0.2, 0) is 4.74 Å². The monoisotopic (exact) mass is 403 g/mol. The van der Waals surface area contributed by atoms with Crippen molar-refractivity contribution >= 4 is 50.1 Å². The van der Waals surface area contributed by atoms with Crippen molar-refractivity contribution in [1.82, 2.24) is 4.98 Å². The molecule has 3 aromatic rings. The summed E-state index contributed by atoms with van der Waals surface area (Å²) in [5.41, 5.74) is 7.62. The summed E-state index contributed by atoms with van der Waals surface area (Å²) in [7, 11) is 0. The molecule has 0 atom stereocenters. The Bertz CT molecular complexity index is 968. The number of hydrogen-bond acceptors (Lipinski definition) is 6. The second-order valence-electron chi connectivity index (χ2n) is 5.10. The number of benzene rings is 1. The first kappa shape index (κ1) is 17.0. The standard InChI is InChI=1S/C17H14BrN3O4/c1-2-24-17(23)11-8-20-12-4-3-9(7-10(12)15(11)19)21-16(22)13-5-6-14(18)25-13/h3-8H,2H2,1H3,(H2,19,20)(H,21,22). The maximum Gasteiger partial charge on any atom is 0.341 e. The first-order chi connectivity index (χ1) is 12.0. The molecule has 2 heterocycles. The lowest BCUT2D eigenvalue weighted by Crippen LogP contribution is -2.11. The lowest BCUT2D eigenvalue weighted by Gasteiger charge is -2.10. The van der Waals surface area contributed by atoms with Gasteiger partial charge in [0.2, 0.25) is 0 Å². The molecule has 0 saturated heterocycles. The molecule has 0 aliphatic carbocycles. The van der Waals surface area contributed by atoms with E-state index in [4.69, 9.17) is 14.9 Å². The van der Waals surface area contributed by atoms with Crippen molar-refractivity contribution in [3.8, 4) is 0 Å². The van der Waals surface area contributed by atoms with Crippen LogP contribution < -0.4 is 11.1 Å². The number of aromatic nitrogens is 1. The Balaban J connectivity index is 1.94. The second kappa shape index (κ2) is 6.94. The third-order valence-corrected chi connectivity index (χ3v) is 3.89. The number of hydrogen-bond donors (Lipinski definition) is 2. The Hall–Kier alpha value is -2.87. The van der Waals surface area contributed by atoms with Gasteiger partial charge in [-0.05, 0) is 53.2 Å². The van der Waals surface area contributed by atoms with E-state index in [0.29, 0.717) is 21.3 Å². The molecule has 1 amide bonds. The van der Waals surface area contributed by atoms with Gasteiger partial charge in [0.15, 0.2) is 10.4 Å². The summed E-state index contributed by atoms with van der Waals surface area (Å²) in [5, 5.41) is 3.26. The molecule has 0 aliphatic heterocycles. The fourth-order valence-corrected chi connectivity index (χ4v) is 2.60. The van der Waals surface area contributed by atoms with Crippen molar-refractivity contribution in [3.63, 3.8) is 0 Å². The van der Waals surface area contributed by atoms with Crippen LogP contribution in [0.5, 0.6) is 0 Å². The zero-order valence-electron chi connectivity index (χ0n) is 13.2. The Morgan fingerprint density at radius 1 is 1.32 bits per heavy atom. The summed E-state index contributed by atoms with van der Waals surface area (Å²) in [6.45, 7) is 1.95. The van der Waals surface area contributed by atoms with Gasteiger partial charge in [-0.25, -0.2) is 4.79 Å². The summed E-state index contributed by atoms with van der Waals surface area (Å²) in [5.74, 6) is -0.777. The number of fused-ring (bicyclic) bond motifs is 1. The first-order valence-corrected chi connectivity index (χ1v) is 8.21. The molecule has 0 fully saturated rings. The van der Waals surface area contributed by atoms with Crippen molar-refractivity contribution in [1.29, 1.82) is 0 Å². The number of anilines is 2. The number of halogens is 1. The molecule has 3 rings (SSSR count). The molecule has 7 nitrogen and oxygen atoms in total. The van der Waals surface area contributed by atoms with Gasteiger partial charge in [-0.1, -0.05) is 0 Å². The Morgan fingerprint density at radius 3 is 2.80 bits per heavy atom. The van der Waals surface area contributed by atoms with Crippen molar-refractivity contribution in [2.75, 3.05) is 17.7 Å². The average Bonchev–Trinajstić information content (AvgIpc) is 3.02. The third-order valence-electron chi connectivity index (χ3n) is 3.46. The lowest BCUT2D eigenvalue weighted by molar-refractivity contribution is 0.0527. The predicted molar refractivity (Wildman–Crippen MR) is 96.5 cm³/mol. The molecule has 0 aliphatic rings. The SMILES string of the molecule is CCOC(=O)c1cnc2ccc(NC(=O)c3ccc(Br)o3)cc2c1N. The quantitative estimate of drug-likeness (QED) is 0.644. The van der Waals surface area contributed by atoms with Crippen LogP contribution in [-0.4, -0.2) is 23.5 Å². The van der Waals surface area contributed by atoms with Gasteiger partial charge in [0, 0.05) is 17.3 Å². The summed E-state index contributed by atoms with van der Waals surface area (Å²) in [6, 6.07) is 8.22. The van der Waals surface area contributed by atoms with E-state index in [-0.39, 0.29) is 23.6 Å². The van der Waals surface area contributed by atoms with Crippen LogP contribution in [0.4, 0.5) is 11.4 Å². The third kappa shape index (κ3) is 3.48. The maximum absolute atomic E-state index is 12.2. The van der Waals surface area contributed by atoms with Crippen molar-refractivity contribution in [3.05, 3.63) is 52.5 Å². The van der Waals surface area contributed by atoms with Gasteiger partial charge in [-0.3, -0.25) is 9.78 Å². The van der Waals surface area contributed by atoms with Crippen LogP contribution in [0, 0.1) is 0 Å². The summed E-state index contributed by atoms with van der Waals surface area (Å²) in [4.78, 5) is 28.3. The van der Waals surface area contributed by atoms with E-state index >= 15 is 0 Å². The largest absolute Gasteiger partial charge is 0.462 e. The van der Waals surface area contributed by atoms with E-state index in [1.807, 2.05) is 0 Å². The minimum absolute atomic E-state index is 0.165. The number of furan rings is 1. The molecule has 0 spiro atoms. The van der Waals surface area contributed by atoms with Gasteiger partial charge in [-0.2, -0.15) is 0 Å². The number of ether oxygens (including phenoxy) is 1. The molecule has 0 saturated carbocycles. The predicted octanol–water partition coefficient (Wildman–Crippen LogP) is 3.60.